The third kappa shape index (κ3) is 4.76. The molecule has 0 saturated carbocycles. The quantitative estimate of drug-likeness (QED) is 0.353. The number of hydrogen-bond donors (Lipinski definition) is 0. The molecule has 0 fully saturated rings. The fourth-order valence-electron chi connectivity index (χ4n) is 3.64. The fraction of sp³-hybridized carbons (Fsp3) is 0.478. The van der Waals surface area contributed by atoms with Crippen LogP contribution in [0.5, 0.6) is 11.8 Å². The number of aromatic nitrogens is 4. The van der Waals surface area contributed by atoms with Gasteiger partial charge in [-0.05, 0) is 30.7 Å². The Labute approximate surface area is 186 Å². The molecule has 9 heteroatoms. The molecule has 0 radical (unpaired) electrons. The van der Waals surface area contributed by atoms with E-state index in [9.17, 15) is 14.4 Å². The van der Waals surface area contributed by atoms with Crippen molar-refractivity contribution in [2.24, 2.45) is 14.1 Å². The summed E-state index contributed by atoms with van der Waals surface area (Å²) in [5.74, 6) is 0.0179. The van der Waals surface area contributed by atoms with E-state index in [0.29, 0.717) is 23.4 Å². The maximum atomic E-state index is 12.9. The molecule has 0 bridgehead atoms. The van der Waals surface area contributed by atoms with Crippen LogP contribution >= 0.6 is 0 Å². The van der Waals surface area contributed by atoms with Crippen LogP contribution in [0.15, 0.2) is 33.9 Å². The molecule has 3 rings (SSSR count). The van der Waals surface area contributed by atoms with Crippen molar-refractivity contribution < 1.29 is 14.3 Å². The van der Waals surface area contributed by atoms with E-state index in [4.69, 9.17) is 9.47 Å². The highest BCUT2D eigenvalue weighted by Crippen LogP contribution is 2.25. The summed E-state index contributed by atoms with van der Waals surface area (Å²) in [5.41, 5.74) is 0.171. The van der Waals surface area contributed by atoms with Gasteiger partial charge in [0.1, 0.15) is 5.75 Å². The van der Waals surface area contributed by atoms with Crippen molar-refractivity contribution in [2.75, 3.05) is 7.11 Å². The van der Waals surface area contributed by atoms with Crippen molar-refractivity contribution >= 4 is 17.1 Å². The van der Waals surface area contributed by atoms with Gasteiger partial charge in [0.15, 0.2) is 11.2 Å². The first-order chi connectivity index (χ1) is 15.4. The minimum Gasteiger partial charge on any atom is -0.465 e. The summed E-state index contributed by atoms with van der Waals surface area (Å²) in [6.45, 7) is 2.73. The van der Waals surface area contributed by atoms with Crippen LogP contribution in [0.3, 0.4) is 0 Å². The third-order valence-corrected chi connectivity index (χ3v) is 5.53. The summed E-state index contributed by atoms with van der Waals surface area (Å²) >= 11 is 0. The molecule has 0 aliphatic heterocycles. The van der Waals surface area contributed by atoms with Crippen LogP contribution < -0.4 is 16.0 Å². The van der Waals surface area contributed by atoms with Crippen molar-refractivity contribution in [1.82, 2.24) is 18.7 Å². The Morgan fingerprint density at radius 2 is 1.62 bits per heavy atom. The molecule has 9 nitrogen and oxygen atoms in total. The number of hydrogen-bond acceptors (Lipinski definition) is 6. The molecule has 0 amide bonds. The predicted octanol–water partition coefficient (Wildman–Crippen LogP) is 3.37. The number of ether oxygens (including phenoxy) is 2. The molecule has 0 N–H and O–H groups in total. The lowest BCUT2D eigenvalue weighted by Gasteiger charge is -2.10. The summed E-state index contributed by atoms with van der Waals surface area (Å²) in [7, 11) is 4.36. The Kier molecular flexibility index (Phi) is 7.50. The van der Waals surface area contributed by atoms with E-state index in [1.807, 2.05) is 0 Å². The van der Waals surface area contributed by atoms with Crippen LogP contribution in [0, 0.1) is 0 Å². The SMILES string of the molecule is CCCCCCCCn1c(Oc2ccc(C(=O)OC)cc2)nc2c1c(=O)n(C)c(=O)n2C. The van der Waals surface area contributed by atoms with E-state index in [2.05, 4.69) is 11.9 Å². The molecule has 1 aromatic carbocycles. The van der Waals surface area contributed by atoms with E-state index in [0.717, 1.165) is 23.8 Å². The second-order valence-corrected chi connectivity index (χ2v) is 7.81. The van der Waals surface area contributed by atoms with Crippen LogP contribution in [0.1, 0.15) is 55.8 Å². The van der Waals surface area contributed by atoms with Crippen LogP contribution in [-0.4, -0.2) is 31.8 Å². The van der Waals surface area contributed by atoms with E-state index >= 15 is 0 Å². The zero-order valence-corrected chi connectivity index (χ0v) is 19.1. The highest BCUT2D eigenvalue weighted by Gasteiger charge is 2.20. The molecular weight excluding hydrogens is 412 g/mol. The molecule has 0 atom stereocenters. The molecular formula is C23H30N4O5. The van der Waals surface area contributed by atoms with Crippen molar-refractivity contribution in [3.63, 3.8) is 0 Å². The molecule has 0 saturated heterocycles. The summed E-state index contributed by atoms with van der Waals surface area (Å²) in [6.07, 6.45) is 6.60. The number of fused-ring (bicyclic) bond motifs is 1. The van der Waals surface area contributed by atoms with Gasteiger partial charge >= 0.3 is 17.7 Å². The number of benzene rings is 1. The number of carbonyl (C=O) groups excluding carboxylic acids is 1. The lowest BCUT2D eigenvalue weighted by atomic mass is 10.1. The van der Waals surface area contributed by atoms with Gasteiger partial charge in [0.2, 0.25) is 0 Å². The Morgan fingerprint density at radius 3 is 2.28 bits per heavy atom. The molecule has 0 aliphatic carbocycles. The number of imidazole rings is 1. The first kappa shape index (κ1) is 23.3. The second kappa shape index (κ2) is 10.3. The number of rotatable bonds is 10. The van der Waals surface area contributed by atoms with Crippen molar-refractivity contribution in [3.05, 3.63) is 50.7 Å². The Balaban J connectivity index is 1.96. The normalized spacial score (nSPS) is 11.1. The first-order valence-electron chi connectivity index (χ1n) is 10.9. The summed E-state index contributed by atoms with van der Waals surface area (Å²) in [5, 5.41) is 0. The minimum absolute atomic E-state index is 0.234. The average molecular weight is 443 g/mol. The highest BCUT2D eigenvalue weighted by atomic mass is 16.5. The van der Waals surface area contributed by atoms with Gasteiger partial charge in [-0.1, -0.05) is 39.0 Å². The topological polar surface area (TPSA) is 97.3 Å². The minimum atomic E-state index is -0.444. The largest absolute Gasteiger partial charge is 0.465 e. The molecule has 0 aliphatic rings. The average Bonchev–Trinajstić information content (AvgIpc) is 3.16. The Bertz CT molecular complexity index is 1200. The number of nitrogens with zero attached hydrogens (tertiary/aromatic N) is 4. The van der Waals surface area contributed by atoms with Gasteiger partial charge in [-0.15, -0.1) is 0 Å². The van der Waals surface area contributed by atoms with Crippen LogP contribution in [0.4, 0.5) is 0 Å². The van der Waals surface area contributed by atoms with E-state index in [1.54, 1.807) is 35.9 Å². The lowest BCUT2D eigenvalue weighted by molar-refractivity contribution is 0.0600. The first-order valence-corrected chi connectivity index (χ1v) is 10.9. The molecule has 2 heterocycles. The van der Waals surface area contributed by atoms with Gasteiger partial charge < -0.3 is 9.47 Å². The zero-order chi connectivity index (χ0) is 23.3. The maximum absolute atomic E-state index is 12.9. The summed E-state index contributed by atoms with van der Waals surface area (Å²) < 4.78 is 14.9. The summed E-state index contributed by atoms with van der Waals surface area (Å²) in [4.78, 5) is 41.4. The molecule has 2 aromatic heterocycles. The molecule has 3 aromatic rings. The molecule has 0 spiro atoms. The zero-order valence-electron chi connectivity index (χ0n) is 19.1. The van der Waals surface area contributed by atoms with E-state index in [1.165, 1.54) is 38.0 Å². The number of carbonyl (C=O) groups is 1. The molecule has 32 heavy (non-hydrogen) atoms. The number of esters is 1. The van der Waals surface area contributed by atoms with Crippen LogP contribution in [0.25, 0.3) is 11.2 Å². The van der Waals surface area contributed by atoms with Gasteiger partial charge in [0, 0.05) is 20.6 Å². The third-order valence-electron chi connectivity index (χ3n) is 5.53. The monoisotopic (exact) mass is 442 g/mol. The van der Waals surface area contributed by atoms with Gasteiger partial charge in [-0.25, -0.2) is 9.59 Å². The van der Waals surface area contributed by atoms with E-state index in [-0.39, 0.29) is 11.7 Å². The fourth-order valence-corrected chi connectivity index (χ4v) is 3.64. The maximum Gasteiger partial charge on any atom is 0.337 e. The van der Waals surface area contributed by atoms with Gasteiger partial charge in [0.05, 0.1) is 12.7 Å². The number of methoxy groups -OCH3 is 1. The molecule has 0 unspecified atom stereocenters. The van der Waals surface area contributed by atoms with Crippen LogP contribution in [-0.2, 0) is 25.4 Å². The number of aryl methyl sites for hydroxylation is 2. The van der Waals surface area contributed by atoms with Crippen LogP contribution in [0.2, 0.25) is 0 Å². The summed E-state index contributed by atoms with van der Waals surface area (Å²) in [6, 6.07) is 6.70. The number of unbranched alkanes of at least 4 members (excludes halogenated alkanes) is 5. The van der Waals surface area contributed by atoms with Crippen molar-refractivity contribution in [3.8, 4) is 11.8 Å². The van der Waals surface area contributed by atoms with Gasteiger partial charge in [-0.3, -0.25) is 18.5 Å². The van der Waals surface area contributed by atoms with Crippen molar-refractivity contribution in [1.29, 1.82) is 0 Å². The Hall–Kier alpha value is -3.36. The lowest BCUT2D eigenvalue weighted by Crippen LogP contribution is -2.37. The standard InChI is InChI=1S/C23H30N4O5/c1-5-6-7-8-9-10-15-27-18-19(25(2)23(30)26(3)20(18)28)24-22(27)32-17-13-11-16(12-14-17)21(29)31-4/h11-14H,5-10,15H2,1-4H3. The smallest absolute Gasteiger partial charge is 0.337 e. The van der Waals surface area contributed by atoms with Gasteiger partial charge in [-0.2, -0.15) is 4.98 Å². The van der Waals surface area contributed by atoms with Crippen molar-refractivity contribution in [2.45, 2.75) is 52.0 Å². The van der Waals surface area contributed by atoms with Gasteiger partial charge in [0.25, 0.3) is 5.56 Å². The molecule has 172 valence electrons. The second-order valence-electron chi connectivity index (χ2n) is 7.81. The Morgan fingerprint density at radius 1 is 0.969 bits per heavy atom. The van der Waals surface area contributed by atoms with E-state index < -0.39 is 17.2 Å². The predicted molar refractivity (Wildman–Crippen MR) is 121 cm³/mol. The highest BCUT2D eigenvalue weighted by molar-refractivity contribution is 5.89.